The monoisotopic (exact) mass is 376 g/mol. The van der Waals surface area contributed by atoms with Gasteiger partial charge in [-0.05, 0) is 37.0 Å². The van der Waals surface area contributed by atoms with Gasteiger partial charge in [-0.2, -0.15) is 4.98 Å². The molecule has 1 aliphatic carbocycles. The molecule has 0 saturated heterocycles. The first-order valence-corrected chi connectivity index (χ1v) is 10.3. The molecule has 2 aromatic heterocycles. The van der Waals surface area contributed by atoms with E-state index in [1.807, 2.05) is 6.07 Å². The molecule has 6 heteroatoms. The van der Waals surface area contributed by atoms with Gasteiger partial charge in [-0.15, -0.1) is 0 Å². The van der Waals surface area contributed by atoms with Gasteiger partial charge in [0, 0.05) is 12.5 Å². The smallest absolute Gasteiger partial charge is 0.229 e. The van der Waals surface area contributed by atoms with Crippen molar-refractivity contribution in [1.29, 1.82) is 0 Å². The molecule has 0 bridgehead atoms. The fraction of sp³-hybridized carbons (Fsp3) is 0.286. The quantitative estimate of drug-likeness (QED) is 0.432. The van der Waals surface area contributed by atoms with E-state index in [1.165, 1.54) is 23.9 Å². The average molecular weight is 376 g/mol. The van der Waals surface area contributed by atoms with Crippen molar-refractivity contribution in [1.82, 2.24) is 19.7 Å². The molecular weight excluding hydrogens is 356 g/mol. The second kappa shape index (κ2) is 7.19. The Kier molecular flexibility index (Phi) is 4.41. The predicted molar refractivity (Wildman–Crippen MR) is 106 cm³/mol. The van der Waals surface area contributed by atoms with Crippen LogP contribution < -0.4 is 0 Å². The molecule has 1 fully saturated rings. The number of aromatic nitrogens is 4. The largest absolute Gasteiger partial charge is 0.339 e. The van der Waals surface area contributed by atoms with E-state index in [-0.39, 0.29) is 0 Å². The summed E-state index contributed by atoms with van der Waals surface area (Å²) in [6.07, 6.45) is 3.32. The van der Waals surface area contributed by atoms with Crippen LogP contribution in [0.4, 0.5) is 0 Å². The minimum atomic E-state index is 0.492. The Labute approximate surface area is 161 Å². The fourth-order valence-corrected chi connectivity index (χ4v) is 4.10. The molecule has 0 aliphatic heterocycles. The number of para-hydroxylation sites is 2. The number of thioether (sulfide) groups is 1. The van der Waals surface area contributed by atoms with Crippen LogP contribution in [-0.4, -0.2) is 19.7 Å². The second-order valence-corrected chi connectivity index (χ2v) is 7.82. The fourth-order valence-electron chi connectivity index (χ4n) is 3.22. The van der Waals surface area contributed by atoms with Crippen molar-refractivity contribution < 1.29 is 4.52 Å². The van der Waals surface area contributed by atoms with Crippen LogP contribution in [-0.2, 0) is 18.7 Å². The molecule has 27 heavy (non-hydrogen) atoms. The third-order valence-electron chi connectivity index (χ3n) is 4.83. The highest BCUT2D eigenvalue weighted by atomic mass is 32.2. The second-order valence-electron chi connectivity index (χ2n) is 6.88. The molecule has 0 amide bonds. The Balaban J connectivity index is 1.36. The molecular formula is C21H20N4OS. The van der Waals surface area contributed by atoms with Gasteiger partial charge in [-0.1, -0.05) is 59.4 Å². The summed E-state index contributed by atoms with van der Waals surface area (Å²) in [4.78, 5) is 9.36. The van der Waals surface area contributed by atoms with E-state index < -0.39 is 0 Å². The normalized spacial score (nSPS) is 14.1. The maximum atomic E-state index is 5.37. The lowest BCUT2D eigenvalue weighted by Crippen LogP contribution is -2.03. The summed E-state index contributed by atoms with van der Waals surface area (Å²) in [5, 5.41) is 5.13. The lowest BCUT2D eigenvalue weighted by Gasteiger charge is -2.08. The van der Waals surface area contributed by atoms with Gasteiger partial charge in [0.2, 0.25) is 5.89 Å². The SMILES string of the molecule is c1ccc(CCn2c(SCc3noc(C4CC4)n3)nc3ccccc32)cc1. The summed E-state index contributed by atoms with van der Waals surface area (Å²) in [6, 6.07) is 18.9. The van der Waals surface area contributed by atoms with Crippen LogP contribution >= 0.6 is 11.8 Å². The van der Waals surface area contributed by atoms with Gasteiger partial charge in [0.05, 0.1) is 16.8 Å². The highest BCUT2D eigenvalue weighted by molar-refractivity contribution is 7.98. The standard InChI is InChI=1S/C21H20N4OS/c1-2-6-15(7-3-1)12-13-25-18-9-5-4-8-17(18)22-21(25)27-14-19-23-20(26-24-19)16-10-11-16/h1-9,16H,10-14H2. The van der Waals surface area contributed by atoms with Crippen LogP contribution in [0.25, 0.3) is 11.0 Å². The topological polar surface area (TPSA) is 56.7 Å². The van der Waals surface area contributed by atoms with Crippen LogP contribution in [0, 0.1) is 0 Å². The van der Waals surface area contributed by atoms with Gasteiger partial charge in [0.25, 0.3) is 0 Å². The van der Waals surface area contributed by atoms with Crippen molar-refractivity contribution >= 4 is 22.8 Å². The van der Waals surface area contributed by atoms with E-state index in [1.54, 1.807) is 11.8 Å². The van der Waals surface area contributed by atoms with E-state index in [0.29, 0.717) is 11.7 Å². The number of rotatable bonds is 7. The molecule has 5 nitrogen and oxygen atoms in total. The number of imidazole rings is 1. The minimum Gasteiger partial charge on any atom is -0.339 e. The zero-order chi connectivity index (χ0) is 18.1. The summed E-state index contributed by atoms with van der Waals surface area (Å²) in [6.45, 7) is 0.895. The summed E-state index contributed by atoms with van der Waals surface area (Å²) in [5.74, 6) is 2.71. The number of hydrogen-bond donors (Lipinski definition) is 0. The molecule has 0 spiro atoms. The van der Waals surface area contributed by atoms with Crippen molar-refractivity contribution in [3.05, 3.63) is 71.9 Å². The molecule has 0 N–H and O–H groups in total. The Morgan fingerprint density at radius 2 is 1.81 bits per heavy atom. The molecule has 0 radical (unpaired) electrons. The lowest BCUT2D eigenvalue weighted by atomic mass is 10.1. The Morgan fingerprint density at radius 1 is 1.00 bits per heavy atom. The van der Waals surface area contributed by atoms with E-state index >= 15 is 0 Å². The molecule has 5 rings (SSSR count). The molecule has 136 valence electrons. The van der Waals surface area contributed by atoms with Crippen LogP contribution in [0.3, 0.4) is 0 Å². The molecule has 0 atom stereocenters. The number of benzene rings is 2. The minimum absolute atomic E-state index is 0.492. The molecule has 1 aliphatic rings. The van der Waals surface area contributed by atoms with Crippen molar-refractivity contribution in [3.63, 3.8) is 0 Å². The van der Waals surface area contributed by atoms with Gasteiger partial charge in [0.15, 0.2) is 11.0 Å². The Hall–Kier alpha value is -2.60. The Morgan fingerprint density at radius 3 is 2.67 bits per heavy atom. The van der Waals surface area contributed by atoms with Gasteiger partial charge in [0.1, 0.15) is 0 Å². The first kappa shape index (κ1) is 16.6. The van der Waals surface area contributed by atoms with Crippen molar-refractivity contribution in [2.45, 2.75) is 42.6 Å². The van der Waals surface area contributed by atoms with E-state index in [2.05, 4.69) is 63.2 Å². The highest BCUT2D eigenvalue weighted by Crippen LogP contribution is 2.39. The summed E-state index contributed by atoms with van der Waals surface area (Å²) < 4.78 is 7.67. The van der Waals surface area contributed by atoms with E-state index in [0.717, 1.165) is 35.4 Å². The third-order valence-corrected chi connectivity index (χ3v) is 5.80. The number of nitrogens with zero attached hydrogens (tertiary/aromatic N) is 4. The molecule has 2 heterocycles. The first-order chi connectivity index (χ1) is 13.4. The van der Waals surface area contributed by atoms with Crippen molar-refractivity contribution in [2.75, 3.05) is 0 Å². The summed E-state index contributed by atoms with van der Waals surface area (Å²) in [5.41, 5.74) is 3.53. The Bertz CT molecular complexity index is 1050. The summed E-state index contributed by atoms with van der Waals surface area (Å²) in [7, 11) is 0. The van der Waals surface area contributed by atoms with Crippen molar-refractivity contribution in [2.24, 2.45) is 0 Å². The summed E-state index contributed by atoms with van der Waals surface area (Å²) >= 11 is 1.67. The maximum Gasteiger partial charge on any atom is 0.229 e. The number of aryl methyl sites for hydroxylation is 2. The molecule has 4 aromatic rings. The van der Waals surface area contributed by atoms with Crippen molar-refractivity contribution in [3.8, 4) is 0 Å². The maximum absolute atomic E-state index is 5.37. The van der Waals surface area contributed by atoms with Crippen LogP contribution in [0.2, 0.25) is 0 Å². The zero-order valence-corrected chi connectivity index (χ0v) is 15.7. The predicted octanol–water partition coefficient (Wildman–Crippen LogP) is 4.83. The average Bonchev–Trinajstić information content (AvgIpc) is 3.35. The molecule has 0 unspecified atom stereocenters. The molecule has 2 aromatic carbocycles. The lowest BCUT2D eigenvalue weighted by molar-refractivity contribution is 0.375. The number of hydrogen-bond acceptors (Lipinski definition) is 5. The van der Waals surface area contributed by atoms with Gasteiger partial charge in [-0.3, -0.25) is 0 Å². The van der Waals surface area contributed by atoms with Crippen LogP contribution in [0.15, 0.2) is 64.3 Å². The number of fused-ring (bicyclic) bond motifs is 1. The van der Waals surface area contributed by atoms with E-state index in [9.17, 15) is 0 Å². The van der Waals surface area contributed by atoms with Gasteiger partial charge < -0.3 is 9.09 Å². The van der Waals surface area contributed by atoms with Gasteiger partial charge in [-0.25, -0.2) is 4.98 Å². The zero-order valence-electron chi connectivity index (χ0n) is 14.9. The first-order valence-electron chi connectivity index (χ1n) is 9.31. The third kappa shape index (κ3) is 3.62. The highest BCUT2D eigenvalue weighted by Gasteiger charge is 2.29. The van der Waals surface area contributed by atoms with E-state index in [4.69, 9.17) is 9.51 Å². The van der Waals surface area contributed by atoms with Crippen LogP contribution in [0.1, 0.15) is 36.0 Å². The van der Waals surface area contributed by atoms with Gasteiger partial charge >= 0.3 is 0 Å². The molecule has 1 saturated carbocycles. The van der Waals surface area contributed by atoms with Crippen LogP contribution in [0.5, 0.6) is 0 Å².